The number of hydrazine groups is 1. The molecular weight excluding hydrogens is 264 g/mol. The molecule has 98 valence electrons. The molecule has 2 rings (SSSR count). The van der Waals surface area contributed by atoms with Crippen molar-refractivity contribution in [2.45, 2.75) is 6.54 Å². The fourth-order valence-electron chi connectivity index (χ4n) is 1.58. The Balaban J connectivity index is 2.03. The molecule has 0 radical (unpaired) electrons. The Morgan fingerprint density at radius 1 is 1.26 bits per heavy atom. The highest BCUT2D eigenvalue weighted by atomic mass is 35.5. The zero-order chi connectivity index (χ0) is 13.7. The zero-order valence-corrected chi connectivity index (χ0v) is 10.8. The average Bonchev–Trinajstić information content (AvgIpc) is 2.46. The molecule has 5 nitrogen and oxygen atoms in total. The molecule has 0 aliphatic rings. The number of nitrogens with one attached hydrogen (secondary N) is 2. The van der Waals surface area contributed by atoms with Gasteiger partial charge in [-0.3, -0.25) is 15.6 Å². The highest BCUT2D eigenvalue weighted by Gasteiger charge is 2.10. The molecule has 1 aromatic carbocycles. The van der Waals surface area contributed by atoms with E-state index in [0.29, 0.717) is 22.8 Å². The van der Waals surface area contributed by atoms with Gasteiger partial charge in [-0.25, -0.2) is 0 Å². The standard InChI is InChI=1S/C13H13ClN4O/c14-10-3-1-9(2-4-10)7-17-13(19)11-8-16-6-5-12(11)18-15/h1-6,8H,7,15H2,(H,16,18)(H,17,19). The molecule has 0 unspecified atom stereocenters. The van der Waals surface area contributed by atoms with Crippen LogP contribution in [-0.4, -0.2) is 10.9 Å². The van der Waals surface area contributed by atoms with Gasteiger partial charge in [0, 0.05) is 24.0 Å². The van der Waals surface area contributed by atoms with Crippen LogP contribution in [0.3, 0.4) is 0 Å². The number of anilines is 1. The van der Waals surface area contributed by atoms with Gasteiger partial charge in [0.05, 0.1) is 11.3 Å². The average molecular weight is 277 g/mol. The number of halogens is 1. The third-order valence-corrected chi connectivity index (χ3v) is 2.84. The molecule has 1 heterocycles. The summed E-state index contributed by atoms with van der Waals surface area (Å²) in [6.45, 7) is 0.412. The summed E-state index contributed by atoms with van der Waals surface area (Å²) >= 11 is 5.79. The van der Waals surface area contributed by atoms with Crippen LogP contribution in [-0.2, 0) is 6.54 Å². The van der Waals surface area contributed by atoms with Crippen molar-refractivity contribution < 1.29 is 4.79 Å². The van der Waals surface area contributed by atoms with Crippen molar-refractivity contribution in [1.82, 2.24) is 10.3 Å². The normalized spacial score (nSPS) is 10.0. The molecule has 0 atom stereocenters. The van der Waals surface area contributed by atoms with Crippen LogP contribution in [0, 0.1) is 0 Å². The molecule has 0 bridgehead atoms. The maximum atomic E-state index is 12.0. The summed E-state index contributed by atoms with van der Waals surface area (Å²) in [7, 11) is 0. The van der Waals surface area contributed by atoms with E-state index in [9.17, 15) is 4.79 Å². The summed E-state index contributed by atoms with van der Waals surface area (Å²) in [6, 6.07) is 8.90. The predicted molar refractivity (Wildman–Crippen MR) is 74.7 cm³/mol. The van der Waals surface area contributed by atoms with Crippen LogP contribution in [0.1, 0.15) is 15.9 Å². The number of hydrogen-bond donors (Lipinski definition) is 3. The van der Waals surface area contributed by atoms with Gasteiger partial charge in [0.1, 0.15) is 0 Å². The quantitative estimate of drug-likeness (QED) is 0.589. The van der Waals surface area contributed by atoms with Crippen molar-refractivity contribution in [3.63, 3.8) is 0 Å². The lowest BCUT2D eigenvalue weighted by atomic mass is 10.2. The summed E-state index contributed by atoms with van der Waals surface area (Å²) in [5, 5.41) is 3.46. The number of amides is 1. The van der Waals surface area contributed by atoms with Crippen LogP contribution < -0.4 is 16.6 Å². The van der Waals surface area contributed by atoms with Crippen molar-refractivity contribution in [2.75, 3.05) is 5.43 Å². The van der Waals surface area contributed by atoms with Gasteiger partial charge >= 0.3 is 0 Å². The topological polar surface area (TPSA) is 80.0 Å². The van der Waals surface area contributed by atoms with Gasteiger partial charge in [0.25, 0.3) is 5.91 Å². The number of hydrogen-bond acceptors (Lipinski definition) is 4. The van der Waals surface area contributed by atoms with E-state index in [2.05, 4.69) is 15.7 Å². The first kappa shape index (κ1) is 13.3. The van der Waals surface area contributed by atoms with Gasteiger partial charge in [-0.2, -0.15) is 0 Å². The van der Waals surface area contributed by atoms with Crippen LogP contribution in [0.5, 0.6) is 0 Å². The smallest absolute Gasteiger partial charge is 0.255 e. The zero-order valence-electron chi connectivity index (χ0n) is 10.1. The number of carbonyl (C=O) groups is 1. The van der Waals surface area contributed by atoms with Gasteiger partial charge in [-0.1, -0.05) is 23.7 Å². The van der Waals surface area contributed by atoms with E-state index >= 15 is 0 Å². The molecule has 2 aromatic rings. The highest BCUT2D eigenvalue weighted by Crippen LogP contribution is 2.12. The Bertz CT molecular complexity index is 571. The van der Waals surface area contributed by atoms with Gasteiger partial charge < -0.3 is 10.7 Å². The SMILES string of the molecule is NNc1ccncc1C(=O)NCc1ccc(Cl)cc1. The van der Waals surface area contributed by atoms with Crippen LogP contribution in [0.15, 0.2) is 42.7 Å². The van der Waals surface area contributed by atoms with Gasteiger partial charge in [0.15, 0.2) is 0 Å². The largest absolute Gasteiger partial charge is 0.348 e. The second-order valence-corrected chi connectivity index (χ2v) is 4.31. The minimum absolute atomic E-state index is 0.240. The summed E-state index contributed by atoms with van der Waals surface area (Å²) < 4.78 is 0. The van der Waals surface area contributed by atoms with Gasteiger partial charge in [-0.05, 0) is 23.8 Å². The molecular formula is C13H13ClN4O. The number of carbonyl (C=O) groups excluding carboxylic acids is 1. The van der Waals surface area contributed by atoms with Gasteiger partial charge in [0.2, 0.25) is 0 Å². The third kappa shape index (κ3) is 3.43. The maximum absolute atomic E-state index is 12.0. The van der Waals surface area contributed by atoms with E-state index in [-0.39, 0.29) is 5.91 Å². The summed E-state index contributed by atoms with van der Waals surface area (Å²) in [5.74, 6) is 5.10. The lowest BCUT2D eigenvalue weighted by Gasteiger charge is -2.09. The minimum atomic E-state index is -0.240. The molecule has 1 aromatic heterocycles. The highest BCUT2D eigenvalue weighted by molar-refractivity contribution is 6.30. The monoisotopic (exact) mass is 276 g/mol. The summed E-state index contributed by atoms with van der Waals surface area (Å²) in [4.78, 5) is 15.9. The van der Waals surface area contributed by atoms with Crippen LogP contribution in [0.4, 0.5) is 5.69 Å². The van der Waals surface area contributed by atoms with Crippen LogP contribution in [0.25, 0.3) is 0 Å². The lowest BCUT2D eigenvalue weighted by molar-refractivity contribution is 0.0951. The van der Waals surface area contributed by atoms with E-state index in [1.165, 1.54) is 6.20 Å². The molecule has 19 heavy (non-hydrogen) atoms. The number of nitrogens with zero attached hydrogens (tertiary/aromatic N) is 1. The minimum Gasteiger partial charge on any atom is -0.348 e. The summed E-state index contributed by atoms with van der Waals surface area (Å²) in [6.07, 6.45) is 3.03. The first-order chi connectivity index (χ1) is 9.20. The third-order valence-electron chi connectivity index (χ3n) is 2.59. The number of nitrogen functional groups attached to an aromatic ring is 1. The van der Waals surface area contributed by atoms with Crippen molar-refractivity contribution in [3.05, 3.63) is 58.9 Å². The Morgan fingerprint density at radius 3 is 2.68 bits per heavy atom. The Morgan fingerprint density at radius 2 is 2.00 bits per heavy atom. The van der Waals surface area contributed by atoms with E-state index in [0.717, 1.165) is 5.56 Å². The Kier molecular flexibility index (Phi) is 4.33. The number of nitrogens with two attached hydrogens (primary N) is 1. The van der Waals surface area contributed by atoms with E-state index in [4.69, 9.17) is 17.4 Å². The molecule has 1 amide bonds. The Hall–Kier alpha value is -2.11. The van der Waals surface area contributed by atoms with E-state index < -0.39 is 0 Å². The molecule has 0 aliphatic heterocycles. The number of benzene rings is 1. The second-order valence-electron chi connectivity index (χ2n) is 3.87. The first-order valence-corrected chi connectivity index (χ1v) is 6.02. The van der Waals surface area contributed by atoms with Crippen LogP contribution in [0.2, 0.25) is 5.02 Å². The number of rotatable bonds is 4. The molecule has 0 aliphatic carbocycles. The first-order valence-electron chi connectivity index (χ1n) is 5.64. The van der Waals surface area contributed by atoms with Gasteiger partial charge in [-0.15, -0.1) is 0 Å². The molecule has 0 saturated carbocycles. The summed E-state index contributed by atoms with van der Waals surface area (Å²) in [5.41, 5.74) is 4.36. The van der Waals surface area contributed by atoms with Crippen molar-refractivity contribution in [2.24, 2.45) is 5.84 Å². The maximum Gasteiger partial charge on any atom is 0.255 e. The van der Waals surface area contributed by atoms with E-state index in [1.807, 2.05) is 12.1 Å². The van der Waals surface area contributed by atoms with Crippen molar-refractivity contribution >= 4 is 23.2 Å². The van der Waals surface area contributed by atoms with Crippen LogP contribution >= 0.6 is 11.6 Å². The molecule has 4 N–H and O–H groups in total. The second kappa shape index (κ2) is 6.17. The lowest BCUT2D eigenvalue weighted by Crippen LogP contribution is -2.25. The molecule has 0 saturated heterocycles. The molecule has 0 fully saturated rings. The predicted octanol–water partition coefficient (Wildman–Crippen LogP) is 1.95. The molecule has 6 heteroatoms. The Labute approximate surface area is 115 Å². The fraction of sp³-hybridized carbons (Fsp3) is 0.0769. The number of aromatic nitrogens is 1. The van der Waals surface area contributed by atoms with E-state index in [1.54, 1.807) is 24.4 Å². The molecule has 0 spiro atoms. The fourth-order valence-corrected chi connectivity index (χ4v) is 1.71. The number of pyridine rings is 1. The van der Waals surface area contributed by atoms with Crippen molar-refractivity contribution in [3.8, 4) is 0 Å². The van der Waals surface area contributed by atoms with Crippen molar-refractivity contribution in [1.29, 1.82) is 0 Å².